The van der Waals surface area contributed by atoms with E-state index >= 15 is 0 Å². The fourth-order valence-electron chi connectivity index (χ4n) is 2.93. The predicted octanol–water partition coefficient (Wildman–Crippen LogP) is 3.76. The number of anilines is 1. The van der Waals surface area contributed by atoms with Gasteiger partial charge in [0.1, 0.15) is 5.82 Å². The molecule has 1 fully saturated rings. The molecule has 1 amide bonds. The summed E-state index contributed by atoms with van der Waals surface area (Å²) < 4.78 is 0. The van der Waals surface area contributed by atoms with E-state index in [4.69, 9.17) is 0 Å². The van der Waals surface area contributed by atoms with Crippen molar-refractivity contribution in [1.29, 1.82) is 0 Å². The Morgan fingerprint density at radius 3 is 2.86 bits per heavy atom. The average molecular weight is 289 g/mol. The molecule has 0 radical (unpaired) electrons. The quantitative estimate of drug-likeness (QED) is 0.777. The number of pyridine rings is 1. The van der Waals surface area contributed by atoms with Crippen LogP contribution in [0, 0.1) is 0 Å². The van der Waals surface area contributed by atoms with Gasteiger partial charge in [-0.3, -0.25) is 9.69 Å². The smallest absolute Gasteiger partial charge is 0.225 e. The van der Waals surface area contributed by atoms with Gasteiger partial charge in [0.05, 0.1) is 0 Å². The SMILES string of the molecule is CCCCCCC(=O)Nc1ccc(C2CCCN2C)cn1. The third-order valence-corrected chi connectivity index (χ3v) is 4.22. The largest absolute Gasteiger partial charge is 0.311 e. The van der Waals surface area contributed by atoms with Crippen molar-refractivity contribution in [3.8, 4) is 0 Å². The van der Waals surface area contributed by atoms with Crippen molar-refractivity contribution in [2.45, 2.75) is 57.9 Å². The molecule has 0 aliphatic carbocycles. The Morgan fingerprint density at radius 2 is 2.24 bits per heavy atom. The molecule has 1 saturated heterocycles. The number of nitrogens with zero attached hydrogens (tertiary/aromatic N) is 2. The second kappa shape index (κ2) is 8.13. The van der Waals surface area contributed by atoms with Gasteiger partial charge in [-0.05, 0) is 44.5 Å². The van der Waals surface area contributed by atoms with E-state index in [1.54, 1.807) is 0 Å². The Kier molecular flexibility index (Phi) is 6.18. The van der Waals surface area contributed by atoms with Gasteiger partial charge in [-0.1, -0.05) is 32.3 Å². The first-order valence-corrected chi connectivity index (χ1v) is 8.16. The van der Waals surface area contributed by atoms with E-state index in [2.05, 4.69) is 35.2 Å². The first-order chi connectivity index (χ1) is 10.2. The summed E-state index contributed by atoms with van der Waals surface area (Å²) >= 11 is 0. The molecule has 0 spiro atoms. The fraction of sp³-hybridized carbons (Fsp3) is 0.647. The molecular formula is C17H27N3O. The van der Waals surface area contributed by atoms with Gasteiger partial charge >= 0.3 is 0 Å². The normalized spacial score (nSPS) is 18.9. The summed E-state index contributed by atoms with van der Waals surface area (Å²) in [6.07, 6.45) is 9.43. The van der Waals surface area contributed by atoms with Crippen molar-refractivity contribution in [3.05, 3.63) is 23.9 Å². The Hall–Kier alpha value is -1.42. The van der Waals surface area contributed by atoms with Crippen LogP contribution in [0.15, 0.2) is 18.3 Å². The Balaban J connectivity index is 1.80. The number of likely N-dealkylation sites (tertiary alicyclic amines) is 1. The minimum Gasteiger partial charge on any atom is -0.311 e. The van der Waals surface area contributed by atoms with E-state index in [0.29, 0.717) is 18.3 Å². The molecule has 1 unspecified atom stereocenters. The molecule has 0 bridgehead atoms. The molecule has 116 valence electrons. The lowest BCUT2D eigenvalue weighted by atomic mass is 10.1. The lowest BCUT2D eigenvalue weighted by Gasteiger charge is -2.19. The predicted molar refractivity (Wildman–Crippen MR) is 86.2 cm³/mol. The molecule has 2 heterocycles. The van der Waals surface area contributed by atoms with Crippen molar-refractivity contribution < 1.29 is 4.79 Å². The van der Waals surface area contributed by atoms with Crippen LogP contribution in [-0.2, 0) is 4.79 Å². The van der Waals surface area contributed by atoms with Crippen molar-refractivity contribution in [2.75, 3.05) is 18.9 Å². The van der Waals surface area contributed by atoms with Gasteiger partial charge in [-0.2, -0.15) is 0 Å². The monoisotopic (exact) mass is 289 g/mol. The zero-order chi connectivity index (χ0) is 15.1. The number of carbonyl (C=O) groups excluding carboxylic acids is 1. The van der Waals surface area contributed by atoms with Gasteiger partial charge in [-0.25, -0.2) is 4.98 Å². The fourth-order valence-corrected chi connectivity index (χ4v) is 2.93. The Morgan fingerprint density at radius 1 is 1.38 bits per heavy atom. The topological polar surface area (TPSA) is 45.2 Å². The zero-order valence-corrected chi connectivity index (χ0v) is 13.3. The van der Waals surface area contributed by atoms with Crippen LogP contribution in [-0.4, -0.2) is 29.4 Å². The maximum atomic E-state index is 11.8. The van der Waals surface area contributed by atoms with Crippen LogP contribution in [0.5, 0.6) is 0 Å². The van der Waals surface area contributed by atoms with Gasteiger partial charge in [0.15, 0.2) is 0 Å². The minimum atomic E-state index is 0.0735. The van der Waals surface area contributed by atoms with Crippen molar-refractivity contribution in [1.82, 2.24) is 9.88 Å². The van der Waals surface area contributed by atoms with Crippen LogP contribution in [0.1, 0.15) is 63.5 Å². The molecule has 1 aromatic heterocycles. The Bertz CT molecular complexity index is 444. The van der Waals surface area contributed by atoms with Gasteiger partial charge in [0, 0.05) is 18.7 Å². The molecule has 1 atom stereocenters. The van der Waals surface area contributed by atoms with E-state index in [1.165, 1.54) is 31.2 Å². The molecule has 4 nitrogen and oxygen atoms in total. The summed E-state index contributed by atoms with van der Waals surface area (Å²) in [6, 6.07) is 4.49. The van der Waals surface area contributed by atoms with E-state index in [0.717, 1.165) is 19.4 Å². The molecule has 1 aliphatic heterocycles. The number of rotatable bonds is 7. The molecule has 0 saturated carbocycles. The minimum absolute atomic E-state index is 0.0735. The maximum absolute atomic E-state index is 11.8. The van der Waals surface area contributed by atoms with Crippen molar-refractivity contribution in [3.63, 3.8) is 0 Å². The summed E-state index contributed by atoms with van der Waals surface area (Å²) in [5, 5.41) is 2.88. The van der Waals surface area contributed by atoms with E-state index in [1.807, 2.05) is 12.3 Å². The van der Waals surface area contributed by atoms with Gasteiger partial charge in [-0.15, -0.1) is 0 Å². The van der Waals surface area contributed by atoms with Crippen LogP contribution >= 0.6 is 0 Å². The summed E-state index contributed by atoms with van der Waals surface area (Å²) in [6.45, 7) is 3.33. The molecular weight excluding hydrogens is 262 g/mol. The number of unbranched alkanes of at least 4 members (excludes halogenated alkanes) is 3. The maximum Gasteiger partial charge on any atom is 0.225 e. The number of amides is 1. The van der Waals surface area contributed by atoms with Crippen molar-refractivity contribution in [2.24, 2.45) is 0 Å². The average Bonchev–Trinajstić information content (AvgIpc) is 2.91. The van der Waals surface area contributed by atoms with Gasteiger partial charge < -0.3 is 5.32 Å². The van der Waals surface area contributed by atoms with Crippen LogP contribution in [0.3, 0.4) is 0 Å². The van der Waals surface area contributed by atoms with E-state index in [-0.39, 0.29) is 5.91 Å². The molecule has 21 heavy (non-hydrogen) atoms. The second-order valence-corrected chi connectivity index (χ2v) is 5.97. The first kappa shape index (κ1) is 16.0. The van der Waals surface area contributed by atoms with Gasteiger partial charge in [0.25, 0.3) is 0 Å². The highest BCUT2D eigenvalue weighted by Crippen LogP contribution is 2.30. The Labute approximate surface area is 127 Å². The van der Waals surface area contributed by atoms with E-state index in [9.17, 15) is 4.79 Å². The molecule has 2 rings (SSSR count). The summed E-state index contributed by atoms with van der Waals surface area (Å²) in [4.78, 5) is 18.6. The number of hydrogen-bond acceptors (Lipinski definition) is 3. The van der Waals surface area contributed by atoms with Gasteiger partial charge in [0.2, 0.25) is 5.91 Å². The standard InChI is InChI=1S/C17H27N3O/c1-3-4-5-6-9-17(21)19-16-11-10-14(13-18-16)15-8-7-12-20(15)2/h10-11,13,15H,3-9,12H2,1-2H3,(H,18,19,21). The highest BCUT2D eigenvalue weighted by atomic mass is 16.1. The highest BCUT2D eigenvalue weighted by Gasteiger charge is 2.22. The zero-order valence-electron chi connectivity index (χ0n) is 13.3. The van der Waals surface area contributed by atoms with Crippen molar-refractivity contribution >= 4 is 11.7 Å². The van der Waals surface area contributed by atoms with Crippen LogP contribution in [0.2, 0.25) is 0 Å². The molecule has 4 heteroatoms. The molecule has 0 aromatic carbocycles. The van der Waals surface area contributed by atoms with Crippen LogP contribution < -0.4 is 5.32 Å². The molecule has 1 aromatic rings. The second-order valence-electron chi connectivity index (χ2n) is 5.97. The number of carbonyl (C=O) groups is 1. The molecule has 1 N–H and O–H groups in total. The third kappa shape index (κ3) is 4.81. The summed E-state index contributed by atoms with van der Waals surface area (Å²) in [5.74, 6) is 0.740. The summed E-state index contributed by atoms with van der Waals surface area (Å²) in [5.41, 5.74) is 1.25. The van der Waals surface area contributed by atoms with E-state index < -0.39 is 0 Å². The lowest BCUT2D eigenvalue weighted by molar-refractivity contribution is -0.116. The third-order valence-electron chi connectivity index (χ3n) is 4.22. The highest BCUT2D eigenvalue weighted by molar-refractivity contribution is 5.89. The number of aromatic nitrogens is 1. The van der Waals surface area contributed by atoms with Crippen LogP contribution in [0.25, 0.3) is 0 Å². The lowest BCUT2D eigenvalue weighted by Crippen LogP contribution is -2.18. The first-order valence-electron chi connectivity index (χ1n) is 8.16. The van der Waals surface area contributed by atoms with Crippen LogP contribution in [0.4, 0.5) is 5.82 Å². The molecule has 1 aliphatic rings. The number of hydrogen-bond donors (Lipinski definition) is 1. The summed E-state index contributed by atoms with van der Waals surface area (Å²) in [7, 11) is 2.16. The number of nitrogens with one attached hydrogen (secondary N) is 1.